The zero-order valence-electron chi connectivity index (χ0n) is 16.6. The fraction of sp³-hybridized carbons (Fsp3) is 0.400. The van der Waals surface area contributed by atoms with Gasteiger partial charge in [-0.2, -0.15) is 0 Å². The molecule has 0 aliphatic heterocycles. The summed E-state index contributed by atoms with van der Waals surface area (Å²) in [5.41, 5.74) is 2.25. The third-order valence-electron chi connectivity index (χ3n) is 3.70. The molecule has 0 radical (unpaired) electrons. The number of methoxy groups -OCH3 is 1. The molecule has 0 saturated heterocycles. The summed E-state index contributed by atoms with van der Waals surface area (Å²) < 4.78 is 16.1. The molecular formula is C20H29IN4O3. The van der Waals surface area contributed by atoms with Crippen LogP contribution < -0.4 is 20.1 Å². The monoisotopic (exact) mass is 500 g/mol. The van der Waals surface area contributed by atoms with Crippen LogP contribution in [0.5, 0.6) is 11.6 Å². The molecule has 0 aliphatic rings. The number of hydrogen-bond acceptors (Lipinski definition) is 5. The number of ether oxygens (including phenoxy) is 3. The van der Waals surface area contributed by atoms with Crippen LogP contribution in [-0.2, 0) is 11.3 Å². The second-order valence-electron chi connectivity index (χ2n) is 5.86. The van der Waals surface area contributed by atoms with Gasteiger partial charge in [-0.25, -0.2) is 4.98 Å². The van der Waals surface area contributed by atoms with E-state index in [1.165, 1.54) is 5.56 Å². The first kappa shape index (κ1) is 24.0. The molecule has 0 unspecified atom stereocenters. The van der Waals surface area contributed by atoms with Crippen molar-refractivity contribution in [3.63, 3.8) is 0 Å². The first-order valence-corrected chi connectivity index (χ1v) is 8.92. The van der Waals surface area contributed by atoms with Crippen molar-refractivity contribution >= 4 is 29.9 Å². The molecule has 1 aromatic heterocycles. The van der Waals surface area contributed by atoms with Crippen molar-refractivity contribution < 1.29 is 14.2 Å². The lowest BCUT2D eigenvalue weighted by atomic mass is 10.2. The fourth-order valence-corrected chi connectivity index (χ4v) is 2.21. The number of guanidine groups is 1. The molecule has 154 valence electrons. The number of aliphatic imine (C=N–C) groups is 1. The highest BCUT2D eigenvalue weighted by Gasteiger charge is 2.01. The summed E-state index contributed by atoms with van der Waals surface area (Å²) in [7, 11) is 3.38. The maximum Gasteiger partial charge on any atom is 0.213 e. The zero-order chi connectivity index (χ0) is 19.3. The highest BCUT2D eigenvalue weighted by Crippen LogP contribution is 2.10. The Morgan fingerprint density at radius 2 is 1.79 bits per heavy atom. The number of aromatic nitrogens is 1. The van der Waals surface area contributed by atoms with E-state index in [2.05, 4.69) is 27.5 Å². The maximum atomic E-state index is 5.69. The average Bonchev–Trinajstić information content (AvgIpc) is 2.70. The predicted molar refractivity (Wildman–Crippen MR) is 122 cm³/mol. The molecule has 0 atom stereocenters. The first-order valence-electron chi connectivity index (χ1n) is 8.92. The molecule has 2 rings (SSSR count). The molecule has 0 amide bonds. The topological polar surface area (TPSA) is 77.0 Å². The van der Waals surface area contributed by atoms with Gasteiger partial charge in [-0.05, 0) is 24.6 Å². The Morgan fingerprint density at radius 3 is 2.43 bits per heavy atom. The molecule has 1 heterocycles. The Labute approximate surface area is 183 Å². The van der Waals surface area contributed by atoms with E-state index in [1.54, 1.807) is 20.4 Å². The Morgan fingerprint density at radius 1 is 1.00 bits per heavy atom. The molecule has 2 N–H and O–H groups in total. The summed E-state index contributed by atoms with van der Waals surface area (Å²) in [6.45, 7) is 4.90. The first-order chi connectivity index (χ1) is 13.2. The Balaban J connectivity index is 0.00000392. The number of benzene rings is 1. The van der Waals surface area contributed by atoms with E-state index in [0.717, 1.165) is 11.3 Å². The summed E-state index contributed by atoms with van der Waals surface area (Å²) in [4.78, 5) is 8.48. The van der Waals surface area contributed by atoms with Crippen molar-refractivity contribution in [3.8, 4) is 11.6 Å². The van der Waals surface area contributed by atoms with Crippen molar-refractivity contribution in [2.75, 3.05) is 40.5 Å². The minimum Gasteiger partial charge on any atom is -0.492 e. The molecule has 0 bridgehead atoms. The minimum absolute atomic E-state index is 0. The van der Waals surface area contributed by atoms with Gasteiger partial charge in [0.05, 0.1) is 13.2 Å². The van der Waals surface area contributed by atoms with Crippen molar-refractivity contribution in [1.82, 2.24) is 15.6 Å². The van der Waals surface area contributed by atoms with E-state index in [9.17, 15) is 0 Å². The largest absolute Gasteiger partial charge is 0.492 e. The molecule has 8 heteroatoms. The van der Waals surface area contributed by atoms with Crippen LogP contribution in [-0.4, -0.2) is 51.5 Å². The van der Waals surface area contributed by atoms with Crippen LogP contribution in [0.3, 0.4) is 0 Å². The van der Waals surface area contributed by atoms with Crippen molar-refractivity contribution in [2.24, 2.45) is 4.99 Å². The molecule has 7 nitrogen and oxygen atoms in total. The Kier molecular flexibility index (Phi) is 12.0. The second kappa shape index (κ2) is 14.0. The van der Waals surface area contributed by atoms with Gasteiger partial charge >= 0.3 is 0 Å². The smallest absolute Gasteiger partial charge is 0.213 e. The third-order valence-corrected chi connectivity index (χ3v) is 3.70. The quantitative estimate of drug-likeness (QED) is 0.226. The van der Waals surface area contributed by atoms with Gasteiger partial charge in [-0.15, -0.1) is 24.0 Å². The van der Waals surface area contributed by atoms with Gasteiger partial charge in [0.1, 0.15) is 19.0 Å². The van der Waals surface area contributed by atoms with Gasteiger partial charge in [0, 0.05) is 33.0 Å². The molecule has 2 aromatic rings. The molecule has 0 saturated carbocycles. The fourth-order valence-electron chi connectivity index (χ4n) is 2.21. The van der Waals surface area contributed by atoms with Gasteiger partial charge < -0.3 is 24.8 Å². The van der Waals surface area contributed by atoms with Crippen molar-refractivity contribution in [2.45, 2.75) is 13.5 Å². The number of aryl methyl sites for hydroxylation is 1. The van der Waals surface area contributed by atoms with Gasteiger partial charge in [0.25, 0.3) is 0 Å². The Hall–Kier alpha value is -2.07. The molecule has 28 heavy (non-hydrogen) atoms. The summed E-state index contributed by atoms with van der Waals surface area (Å²) in [5, 5.41) is 6.47. The third kappa shape index (κ3) is 9.23. The summed E-state index contributed by atoms with van der Waals surface area (Å²) in [6, 6.07) is 11.8. The average molecular weight is 500 g/mol. The van der Waals surface area contributed by atoms with Crippen LogP contribution in [0.1, 0.15) is 11.1 Å². The zero-order valence-corrected chi connectivity index (χ0v) is 18.9. The van der Waals surface area contributed by atoms with Crippen LogP contribution in [0.4, 0.5) is 0 Å². The highest BCUT2D eigenvalue weighted by molar-refractivity contribution is 14.0. The minimum atomic E-state index is 0. The van der Waals surface area contributed by atoms with E-state index in [1.807, 2.05) is 36.4 Å². The normalized spacial score (nSPS) is 10.8. The molecule has 0 spiro atoms. The number of nitrogens with zero attached hydrogens (tertiary/aromatic N) is 2. The summed E-state index contributed by atoms with van der Waals surface area (Å²) in [5.74, 6) is 2.17. The SMILES string of the molecule is CN=C(NCCOc1ccc(C)cc1)NCc1ccc(OCCOC)nc1.I. The van der Waals surface area contributed by atoms with Crippen LogP contribution in [0.2, 0.25) is 0 Å². The lowest BCUT2D eigenvalue weighted by Gasteiger charge is -2.13. The second-order valence-corrected chi connectivity index (χ2v) is 5.86. The molecule has 0 fully saturated rings. The van der Waals surface area contributed by atoms with E-state index in [4.69, 9.17) is 14.2 Å². The molecule has 1 aromatic carbocycles. The maximum absolute atomic E-state index is 5.69. The van der Waals surface area contributed by atoms with Crippen LogP contribution in [0, 0.1) is 6.92 Å². The van der Waals surface area contributed by atoms with Gasteiger partial charge in [-0.3, -0.25) is 4.99 Å². The Bertz CT molecular complexity index is 694. The highest BCUT2D eigenvalue weighted by atomic mass is 127. The van der Waals surface area contributed by atoms with Crippen LogP contribution in [0.15, 0.2) is 47.6 Å². The lowest BCUT2D eigenvalue weighted by Crippen LogP contribution is -2.38. The van der Waals surface area contributed by atoms with Crippen LogP contribution >= 0.6 is 24.0 Å². The number of halogens is 1. The number of hydrogen-bond donors (Lipinski definition) is 2. The van der Waals surface area contributed by atoms with E-state index >= 15 is 0 Å². The van der Waals surface area contributed by atoms with Gasteiger partial charge in [0.2, 0.25) is 5.88 Å². The summed E-state index contributed by atoms with van der Waals surface area (Å²) in [6.07, 6.45) is 1.78. The number of nitrogens with one attached hydrogen (secondary N) is 2. The lowest BCUT2D eigenvalue weighted by molar-refractivity contribution is 0.143. The van der Waals surface area contributed by atoms with E-state index in [0.29, 0.717) is 44.7 Å². The summed E-state index contributed by atoms with van der Waals surface area (Å²) >= 11 is 0. The van der Waals surface area contributed by atoms with Crippen molar-refractivity contribution in [3.05, 3.63) is 53.7 Å². The van der Waals surface area contributed by atoms with Crippen molar-refractivity contribution in [1.29, 1.82) is 0 Å². The van der Waals surface area contributed by atoms with Crippen LogP contribution in [0.25, 0.3) is 0 Å². The van der Waals surface area contributed by atoms with Gasteiger partial charge in [0.15, 0.2) is 5.96 Å². The molecule has 0 aliphatic carbocycles. The van der Waals surface area contributed by atoms with E-state index in [-0.39, 0.29) is 24.0 Å². The van der Waals surface area contributed by atoms with Gasteiger partial charge in [-0.1, -0.05) is 23.8 Å². The predicted octanol–water partition coefficient (Wildman–Crippen LogP) is 2.78. The molecular weight excluding hydrogens is 471 g/mol. The number of pyridine rings is 1. The van der Waals surface area contributed by atoms with E-state index < -0.39 is 0 Å². The number of rotatable bonds is 10. The standard InChI is InChI=1S/C20H28N4O3.HI/c1-16-4-7-18(8-5-16)26-11-10-22-20(21-2)24-15-17-6-9-19(23-14-17)27-13-12-25-3;/h4-9,14H,10-13,15H2,1-3H3,(H2,21,22,24);1H.